The van der Waals surface area contributed by atoms with Gasteiger partial charge in [0, 0.05) is 12.6 Å². The number of halogens is 1. The predicted molar refractivity (Wildman–Crippen MR) is 75.6 cm³/mol. The largest absolute Gasteiger partial charge is 0.488 e. The molecular weight excluding hydrogens is 264 g/mol. The van der Waals surface area contributed by atoms with Crippen LogP contribution in [0, 0.1) is 0 Å². The lowest BCUT2D eigenvalue weighted by atomic mass is 9.80. The fraction of sp³-hybridized carbons (Fsp3) is 0.462. The zero-order valence-electron chi connectivity index (χ0n) is 10.8. The molecule has 1 aromatic carbocycles. The van der Waals surface area contributed by atoms with Crippen molar-refractivity contribution in [2.45, 2.75) is 32.2 Å². The van der Waals surface area contributed by atoms with Crippen molar-refractivity contribution in [2.75, 3.05) is 6.54 Å². The fourth-order valence-electron chi connectivity index (χ4n) is 2.42. The Labute approximate surface area is 118 Å². The molecule has 1 amide bonds. The Balaban J connectivity index is 2.23. The summed E-state index contributed by atoms with van der Waals surface area (Å²) < 4.78 is 0. The highest BCUT2D eigenvalue weighted by molar-refractivity contribution is 6.59. The smallest absolute Gasteiger partial charge is 0.423 e. The molecule has 0 bridgehead atoms. The molecule has 4 nitrogen and oxygen atoms in total. The topological polar surface area (TPSA) is 60.8 Å². The third-order valence-corrected chi connectivity index (χ3v) is 3.90. The maximum atomic E-state index is 12.4. The molecule has 19 heavy (non-hydrogen) atoms. The van der Waals surface area contributed by atoms with Crippen molar-refractivity contribution in [3.63, 3.8) is 0 Å². The number of piperidine rings is 1. The molecule has 1 saturated heterocycles. The number of benzene rings is 1. The normalized spacial score (nSPS) is 19.4. The Morgan fingerprint density at radius 3 is 2.74 bits per heavy atom. The van der Waals surface area contributed by atoms with E-state index in [0.29, 0.717) is 5.56 Å². The molecule has 0 aromatic heterocycles. The number of carbonyl (C=O) groups excluding carboxylic acids is 1. The molecular formula is C13H17BClNO3. The number of amides is 1. The van der Waals surface area contributed by atoms with Crippen LogP contribution in [0.15, 0.2) is 18.2 Å². The van der Waals surface area contributed by atoms with Gasteiger partial charge in [-0.3, -0.25) is 4.79 Å². The zero-order chi connectivity index (χ0) is 14.0. The van der Waals surface area contributed by atoms with Crippen molar-refractivity contribution in [3.8, 4) is 0 Å². The van der Waals surface area contributed by atoms with Gasteiger partial charge in [0.05, 0.1) is 10.6 Å². The number of hydrogen-bond acceptors (Lipinski definition) is 3. The lowest BCUT2D eigenvalue weighted by Crippen LogP contribution is -2.42. The van der Waals surface area contributed by atoms with E-state index in [1.54, 1.807) is 6.07 Å². The van der Waals surface area contributed by atoms with Crippen molar-refractivity contribution in [2.24, 2.45) is 0 Å². The maximum Gasteiger partial charge on any atom is 0.488 e. The monoisotopic (exact) mass is 281 g/mol. The molecule has 0 saturated carbocycles. The standard InChI is InChI=1S/C13H17BClNO3/c1-9-4-2-3-7-16(9)13(17)11-6-5-10(14(18)19)8-12(11)15/h5-6,8-9,18-19H,2-4,7H2,1H3/t9-/m1/s1. The van der Waals surface area contributed by atoms with Gasteiger partial charge < -0.3 is 14.9 Å². The van der Waals surface area contributed by atoms with Gasteiger partial charge in [-0.1, -0.05) is 17.7 Å². The van der Waals surface area contributed by atoms with Crippen LogP contribution in [0.5, 0.6) is 0 Å². The SMILES string of the molecule is C[C@@H]1CCCCN1C(=O)c1ccc(B(O)O)cc1Cl. The van der Waals surface area contributed by atoms with Gasteiger partial charge in [-0.2, -0.15) is 0 Å². The highest BCUT2D eigenvalue weighted by Crippen LogP contribution is 2.22. The van der Waals surface area contributed by atoms with Gasteiger partial charge in [0.2, 0.25) is 0 Å². The summed E-state index contributed by atoms with van der Waals surface area (Å²) in [5.74, 6) is -0.0869. The molecule has 0 radical (unpaired) electrons. The van der Waals surface area contributed by atoms with Gasteiger partial charge in [-0.15, -0.1) is 0 Å². The quantitative estimate of drug-likeness (QED) is 0.796. The average Bonchev–Trinajstić information content (AvgIpc) is 2.38. The van der Waals surface area contributed by atoms with E-state index in [1.807, 2.05) is 11.8 Å². The van der Waals surface area contributed by atoms with E-state index in [1.165, 1.54) is 12.1 Å². The van der Waals surface area contributed by atoms with E-state index in [9.17, 15) is 4.79 Å². The fourth-order valence-corrected chi connectivity index (χ4v) is 2.69. The van der Waals surface area contributed by atoms with Gasteiger partial charge in [-0.05, 0) is 43.8 Å². The van der Waals surface area contributed by atoms with E-state index >= 15 is 0 Å². The summed E-state index contributed by atoms with van der Waals surface area (Å²) in [5.41, 5.74) is 0.702. The minimum atomic E-state index is -1.57. The van der Waals surface area contributed by atoms with Crippen LogP contribution in [0.2, 0.25) is 5.02 Å². The molecule has 0 spiro atoms. The molecule has 6 heteroatoms. The van der Waals surface area contributed by atoms with E-state index in [2.05, 4.69) is 0 Å². The third-order valence-electron chi connectivity index (χ3n) is 3.59. The van der Waals surface area contributed by atoms with E-state index in [0.717, 1.165) is 25.8 Å². The molecule has 1 aromatic rings. The van der Waals surface area contributed by atoms with Crippen LogP contribution in [0.25, 0.3) is 0 Å². The molecule has 0 aliphatic carbocycles. The van der Waals surface area contributed by atoms with E-state index in [4.69, 9.17) is 21.6 Å². The molecule has 1 fully saturated rings. The summed E-state index contributed by atoms with van der Waals surface area (Å²) in [4.78, 5) is 14.3. The van der Waals surface area contributed by atoms with Crippen LogP contribution in [0.3, 0.4) is 0 Å². The zero-order valence-corrected chi connectivity index (χ0v) is 11.6. The second-order valence-electron chi connectivity index (χ2n) is 4.96. The number of likely N-dealkylation sites (tertiary alicyclic amines) is 1. The Morgan fingerprint density at radius 1 is 1.42 bits per heavy atom. The van der Waals surface area contributed by atoms with Crippen molar-refractivity contribution >= 4 is 30.1 Å². The van der Waals surface area contributed by atoms with Crippen molar-refractivity contribution < 1.29 is 14.8 Å². The van der Waals surface area contributed by atoms with Crippen molar-refractivity contribution in [1.29, 1.82) is 0 Å². The van der Waals surface area contributed by atoms with Crippen LogP contribution in [-0.4, -0.2) is 40.6 Å². The molecule has 1 atom stereocenters. The molecule has 0 unspecified atom stereocenters. The van der Waals surface area contributed by atoms with Crippen LogP contribution >= 0.6 is 11.6 Å². The predicted octanol–water partition coefficient (Wildman–Crippen LogP) is 1.03. The van der Waals surface area contributed by atoms with E-state index in [-0.39, 0.29) is 22.4 Å². The second kappa shape index (κ2) is 5.95. The molecule has 2 rings (SSSR count). The van der Waals surface area contributed by atoms with Gasteiger partial charge in [0.1, 0.15) is 0 Å². The Hall–Kier alpha value is -1.04. The molecule has 2 N–H and O–H groups in total. The van der Waals surface area contributed by atoms with Crippen LogP contribution in [0.4, 0.5) is 0 Å². The average molecular weight is 282 g/mol. The summed E-state index contributed by atoms with van der Waals surface area (Å²) in [7, 11) is -1.57. The summed E-state index contributed by atoms with van der Waals surface area (Å²) in [6.45, 7) is 2.79. The first-order chi connectivity index (χ1) is 9.00. The van der Waals surface area contributed by atoms with Gasteiger partial charge in [0.25, 0.3) is 5.91 Å². The van der Waals surface area contributed by atoms with Crippen LogP contribution < -0.4 is 5.46 Å². The summed E-state index contributed by atoms with van der Waals surface area (Å²) in [6, 6.07) is 4.72. The second-order valence-corrected chi connectivity index (χ2v) is 5.36. The third kappa shape index (κ3) is 3.11. The molecule has 1 heterocycles. The number of carbonyl (C=O) groups is 1. The first-order valence-electron chi connectivity index (χ1n) is 6.47. The first kappa shape index (κ1) is 14.4. The first-order valence-corrected chi connectivity index (χ1v) is 6.85. The van der Waals surface area contributed by atoms with Gasteiger partial charge in [-0.25, -0.2) is 0 Å². The summed E-state index contributed by atoms with van der Waals surface area (Å²) in [6.07, 6.45) is 3.17. The lowest BCUT2D eigenvalue weighted by Gasteiger charge is -2.33. The number of nitrogens with zero attached hydrogens (tertiary/aromatic N) is 1. The lowest BCUT2D eigenvalue weighted by molar-refractivity contribution is 0.0636. The summed E-state index contributed by atoms with van der Waals surface area (Å²) >= 11 is 6.07. The van der Waals surface area contributed by atoms with Gasteiger partial charge in [0.15, 0.2) is 0 Å². The summed E-state index contributed by atoms with van der Waals surface area (Å²) in [5, 5.41) is 18.4. The Bertz CT molecular complexity index is 481. The Kier molecular flexibility index (Phi) is 4.50. The van der Waals surface area contributed by atoms with Crippen molar-refractivity contribution in [1.82, 2.24) is 4.90 Å². The van der Waals surface area contributed by atoms with Crippen LogP contribution in [0.1, 0.15) is 36.5 Å². The molecule has 102 valence electrons. The molecule has 1 aliphatic rings. The number of hydrogen-bond donors (Lipinski definition) is 2. The minimum absolute atomic E-state index is 0.0869. The van der Waals surface area contributed by atoms with Gasteiger partial charge >= 0.3 is 7.12 Å². The highest BCUT2D eigenvalue weighted by atomic mass is 35.5. The maximum absolute atomic E-state index is 12.4. The van der Waals surface area contributed by atoms with E-state index < -0.39 is 7.12 Å². The minimum Gasteiger partial charge on any atom is -0.423 e. The number of rotatable bonds is 2. The van der Waals surface area contributed by atoms with Crippen LogP contribution in [-0.2, 0) is 0 Å². The highest BCUT2D eigenvalue weighted by Gasteiger charge is 2.26. The Morgan fingerprint density at radius 2 is 2.16 bits per heavy atom. The molecule has 1 aliphatic heterocycles. The van der Waals surface area contributed by atoms with Crippen molar-refractivity contribution in [3.05, 3.63) is 28.8 Å².